The predicted octanol–water partition coefficient (Wildman–Crippen LogP) is 3.38. The first-order valence-electron chi connectivity index (χ1n) is 6.96. The molecule has 0 heterocycles. The van der Waals surface area contributed by atoms with Gasteiger partial charge in [-0.05, 0) is 62.6 Å². The summed E-state index contributed by atoms with van der Waals surface area (Å²) in [6.45, 7) is 1.60. The molecule has 0 aliphatic carbocycles. The lowest BCUT2D eigenvalue weighted by atomic mass is 10.2. The van der Waals surface area contributed by atoms with Gasteiger partial charge in [0.2, 0.25) is 0 Å². The van der Waals surface area contributed by atoms with Crippen LogP contribution in [0, 0.1) is 0 Å². The van der Waals surface area contributed by atoms with Crippen LogP contribution in [0.4, 0.5) is 11.4 Å². The fourth-order valence-electron chi connectivity index (χ4n) is 1.82. The van der Waals surface area contributed by atoms with Crippen molar-refractivity contribution in [1.29, 1.82) is 0 Å². The van der Waals surface area contributed by atoms with E-state index in [1.165, 1.54) is 0 Å². The highest BCUT2D eigenvalue weighted by atomic mass is 16.5. The van der Waals surface area contributed by atoms with Crippen LogP contribution < -0.4 is 14.8 Å². The molecule has 0 aliphatic rings. The van der Waals surface area contributed by atoms with Crippen molar-refractivity contribution in [2.24, 2.45) is 0 Å². The summed E-state index contributed by atoms with van der Waals surface area (Å²) in [5.74, 6) is 1.74. The van der Waals surface area contributed by atoms with Gasteiger partial charge in [-0.2, -0.15) is 0 Å². The van der Waals surface area contributed by atoms with Gasteiger partial charge < -0.3 is 19.7 Å². The van der Waals surface area contributed by atoms with E-state index in [9.17, 15) is 0 Å². The predicted molar refractivity (Wildman–Crippen MR) is 86.8 cm³/mol. The van der Waals surface area contributed by atoms with E-state index < -0.39 is 0 Å². The first-order chi connectivity index (χ1) is 10.2. The van der Waals surface area contributed by atoms with Gasteiger partial charge in [-0.3, -0.25) is 0 Å². The van der Waals surface area contributed by atoms with Gasteiger partial charge in [0.25, 0.3) is 0 Å². The molecule has 0 saturated heterocycles. The van der Waals surface area contributed by atoms with Crippen LogP contribution in [0.5, 0.6) is 11.5 Å². The Balaban J connectivity index is 1.89. The summed E-state index contributed by atoms with van der Waals surface area (Å²) in [6, 6.07) is 15.8. The van der Waals surface area contributed by atoms with E-state index in [1.807, 2.05) is 62.6 Å². The van der Waals surface area contributed by atoms with Crippen molar-refractivity contribution in [3.63, 3.8) is 0 Å². The molecule has 21 heavy (non-hydrogen) atoms. The summed E-state index contributed by atoms with van der Waals surface area (Å²) in [4.78, 5) is 2.10. The van der Waals surface area contributed by atoms with E-state index in [1.54, 1.807) is 7.11 Å². The topological polar surface area (TPSA) is 33.7 Å². The molecule has 0 unspecified atom stereocenters. The molecule has 1 N–H and O–H groups in total. The second-order valence-corrected chi connectivity index (χ2v) is 5.03. The van der Waals surface area contributed by atoms with Crippen molar-refractivity contribution in [2.75, 3.05) is 39.7 Å². The molecule has 112 valence electrons. The van der Waals surface area contributed by atoms with Crippen molar-refractivity contribution in [2.45, 2.75) is 0 Å². The molecule has 0 aliphatic heterocycles. The van der Waals surface area contributed by atoms with Crippen LogP contribution >= 0.6 is 0 Å². The number of methoxy groups -OCH3 is 1. The number of rotatable bonds is 7. The van der Waals surface area contributed by atoms with E-state index in [0.29, 0.717) is 6.61 Å². The van der Waals surface area contributed by atoms with Crippen molar-refractivity contribution < 1.29 is 9.47 Å². The van der Waals surface area contributed by atoms with Gasteiger partial charge in [0, 0.05) is 17.9 Å². The quantitative estimate of drug-likeness (QED) is 0.846. The van der Waals surface area contributed by atoms with Crippen molar-refractivity contribution in [3.8, 4) is 11.5 Å². The molecule has 0 spiro atoms. The maximum Gasteiger partial charge on any atom is 0.119 e. The number of nitrogens with zero attached hydrogens (tertiary/aromatic N) is 1. The molecular weight excluding hydrogens is 264 g/mol. The van der Waals surface area contributed by atoms with Crippen LogP contribution in [0.2, 0.25) is 0 Å². The molecule has 0 radical (unpaired) electrons. The number of hydrogen-bond donors (Lipinski definition) is 1. The standard InChI is InChI=1S/C17H22N2O2/c1-19(2)12-13-21-17-10-6-15(7-11-17)18-14-4-8-16(20-3)9-5-14/h4-11,18H,12-13H2,1-3H3. The van der Waals surface area contributed by atoms with Gasteiger partial charge in [-0.25, -0.2) is 0 Å². The maximum absolute atomic E-state index is 5.67. The normalized spacial score (nSPS) is 10.5. The number of benzene rings is 2. The molecule has 0 atom stereocenters. The van der Waals surface area contributed by atoms with E-state index in [-0.39, 0.29) is 0 Å². The number of nitrogens with one attached hydrogen (secondary N) is 1. The summed E-state index contributed by atoms with van der Waals surface area (Å²) < 4.78 is 10.8. The van der Waals surface area contributed by atoms with Crippen LogP contribution in [0.15, 0.2) is 48.5 Å². The molecule has 0 saturated carbocycles. The average Bonchev–Trinajstić information content (AvgIpc) is 2.49. The SMILES string of the molecule is COc1ccc(Nc2ccc(OCCN(C)C)cc2)cc1. The van der Waals surface area contributed by atoms with Crippen molar-refractivity contribution >= 4 is 11.4 Å². The maximum atomic E-state index is 5.67. The third kappa shape index (κ3) is 5.00. The van der Waals surface area contributed by atoms with E-state index in [2.05, 4.69) is 10.2 Å². The van der Waals surface area contributed by atoms with E-state index in [4.69, 9.17) is 9.47 Å². The highest BCUT2D eigenvalue weighted by Crippen LogP contribution is 2.22. The molecule has 4 nitrogen and oxygen atoms in total. The molecule has 0 fully saturated rings. The highest BCUT2D eigenvalue weighted by molar-refractivity contribution is 5.60. The first-order valence-corrected chi connectivity index (χ1v) is 6.96. The van der Waals surface area contributed by atoms with Crippen molar-refractivity contribution in [1.82, 2.24) is 4.90 Å². The molecule has 0 bridgehead atoms. The molecule has 0 amide bonds. The minimum atomic E-state index is 0.693. The lowest BCUT2D eigenvalue weighted by molar-refractivity contribution is 0.261. The number of anilines is 2. The third-order valence-electron chi connectivity index (χ3n) is 3.04. The Kier molecular flexibility index (Phi) is 5.46. The highest BCUT2D eigenvalue weighted by Gasteiger charge is 1.98. The van der Waals surface area contributed by atoms with Crippen LogP contribution in [-0.2, 0) is 0 Å². The summed E-state index contributed by atoms with van der Waals surface area (Å²) in [7, 11) is 5.73. The molecule has 2 aromatic carbocycles. The van der Waals surface area contributed by atoms with Gasteiger partial charge in [0.1, 0.15) is 18.1 Å². The Bertz CT molecular complexity index is 536. The van der Waals surface area contributed by atoms with Crippen molar-refractivity contribution in [3.05, 3.63) is 48.5 Å². The van der Waals surface area contributed by atoms with Crippen LogP contribution in [0.25, 0.3) is 0 Å². The molecular formula is C17H22N2O2. The summed E-state index contributed by atoms with van der Waals surface area (Å²) >= 11 is 0. The van der Waals surface area contributed by atoms with Gasteiger partial charge in [-0.15, -0.1) is 0 Å². The monoisotopic (exact) mass is 286 g/mol. The minimum Gasteiger partial charge on any atom is -0.497 e. The Morgan fingerprint density at radius 2 is 1.38 bits per heavy atom. The fourth-order valence-corrected chi connectivity index (χ4v) is 1.82. The summed E-state index contributed by atoms with van der Waals surface area (Å²) in [5, 5.41) is 3.34. The summed E-state index contributed by atoms with van der Waals surface area (Å²) in [5.41, 5.74) is 2.05. The Hall–Kier alpha value is -2.20. The minimum absolute atomic E-state index is 0.693. The number of likely N-dealkylation sites (N-methyl/N-ethyl adjacent to an activating group) is 1. The zero-order chi connectivity index (χ0) is 15.1. The number of hydrogen-bond acceptors (Lipinski definition) is 4. The van der Waals surface area contributed by atoms with Crippen LogP contribution in [0.1, 0.15) is 0 Å². The third-order valence-corrected chi connectivity index (χ3v) is 3.04. The zero-order valence-electron chi connectivity index (χ0n) is 12.8. The van der Waals surface area contributed by atoms with E-state index in [0.717, 1.165) is 29.4 Å². The smallest absolute Gasteiger partial charge is 0.119 e. The summed E-state index contributed by atoms with van der Waals surface area (Å²) in [6.07, 6.45) is 0. The first kappa shape index (κ1) is 15.2. The molecule has 4 heteroatoms. The Labute approximate surface area is 126 Å². The Morgan fingerprint density at radius 1 is 0.857 bits per heavy atom. The average molecular weight is 286 g/mol. The largest absolute Gasteiger partial charge is 0.497 e. The molecule has 2 aromatic rings. The van der Waals surface area contributed by atoms with Crippen LogP contribution in [0.3, 0.4) is 0 Å². The lowest BCUT2D eigenvalue weighted by Gasteiger charge is -2.12. The Morgan fingerprint density at radius 3 is 1.86 bits per heavy atom. The van der Waals surface area contributed by atoms with Gasteiger partial charge in [0.05, 0.1) is 7.11 Å². The second kappa shape index (κ2) is 7.55. The molecule has 0 aromatic heterocycles. The van der Waals surface area contributed by atoms with Crippen LogP contribution in [-0.4, -0.2) is 39.3 Å². The van der Waals surface area contributed by atoms with Gasteiger partial charge >= 0.3 is 0 Å². The van der Waals surface area contributed by atoms with Gasteiger partial charge in [-0.1, -0.05) is 0 Å². The van der Waals surface area contributed by atoms with E-state index >= 15 is 0 Å². The second-order valence-electron chi connectivity index (χ2n) is 5.03. The number of ether oxygens (including phenoxy) is 2. The lowest BCUT2D eigenvalue weighted by Crippen LogP contribution is -2.19. The van der Waals surface area contributed by atoms with Gasteiger partial charge in [0.15, 0.2) is 0 Å². The fraction of sp³-hybridized carbons (Fsp3) is 0.294. The molecule has 2 rings (SSSR count). The zero-order valence-corrected chi connectivity index (χ0v) is 12.8.